The number of carbonyl (C=O) groups is 2. The monoisotopic (exact) mass is 375 g/mol. The van der Waals surface area contributed by atoms with Crippen LogP contribution in [0.5, 0.6) is 0 Å². The molecule has 1 amide bonds. The van der Waals surface area contributed by atoms with Crippen LogP contribution in [0.2, 0.25) is 0 Å². The van der Waals surface area contributed by atoms with Gasteiger partial charge in [0.15, 0.2) is 0 Å². The minimum absolute atomic E-state index is 0.126. The summed E-state index contributed by atoms with van der Waals surface area (Å²) in [6.07, 6.45) is 1.89. The van der Waals surface area contributed by atoms with Crippen molar-refractivity contribution in [3.8, 4) is 0 Å². The van der Waals surface area contributed by atoms with Crippen molar-refractivity contribution in [1.82, 2.24) is 4.98 Å². The SMILES string of the molecule is COC(=O)c1ccccc1Nc1ccc(NC(=O)Cc2ccccc2C)nc1. The number of benzene rings is 2. The van der Waals surface area contributed by atoms with Gasteiger partial charge in [0.1, 0.15) is 5.82 Å². The summed E-state index contributed by atoms with van der Waals surface area (Å²) in [7, 11) is 1.34. The molecule has 0 fully saturated rings. The third-order valence-corrected chi connectivity index (χ3v) is 4.25. The first-order valence-electron chi connectivity index (χ1n) is 8.81. The van der Waals surface area contributed by atoms with Gasteiger partial charge < -0.3 is 15.4 Å². The summed E-state index contributed by atoms with van der Waals surface area (Å²) < 4.78 is 4.79. The molecule has 2 N–H and O–H groups in total. The molecule has 3 rings (SSSR count). The number of nitrogens with zero attached hydrogens (tertiary/aromatic N) is 1. The Kier molecular flexibility index (Phi) is 6.01. The predicted octanol–water partition coefficient (Wildman–Crippen LogP) is 4.10. The third-order valence-electron chi connectivity index (χ3n) is 4.25. The average Bonchev–Trinajstić information content (AvgIpc) is 2.71. The van der Waals surface area contributed by atoms with Gasteiger partial charge in [0, 0.05) is 0 Å². The number of rotatable bonds is 6. The Hall–Kier alpha value is -3.67. The van der Waals surface area contributed by atoms with Crippen molar-refractivity contribution < 1.29 is 14.3 Å². The molecule has 28 heavy (non-hydrogen) atoms. The predicted molar refractivity (Wildman–Crippen MR) is 109 cm³/mol. The first kappa shape index (κ1) is 19.1. The number of amides is 1. The van der Waals surface area contributed by atoms with Gasteiger partial charge in [-0.2, -0.15) is 0 Å². The Bertz CT molecular complexity index is 984. The van der Waals surface area contributed by atoms with Crippen molar-refractivity contribution in [2.75, 3.05) is 17.7 Å². The second-order valence-electron chi connectivity index (χ2n) is 6.25. The summed E-state index contributed by atoms with van der Waals surface area (Å²) >= 11 is 0. The van der Waals surface area contributed by atoms with Gasteiger partial charge in [-0.15, -0.1) is 0 Å². The highest BCUT2D eigenvalue weighted by Gasteiger charge is 2.11. The van der Waals surface area contributed by atoms with Crippen molar-refractivity contribution in [2.24, 2.45) is 0 Å². The molecule has 6 heteroatoms. The van der Waals surface area contributed by atoms with E-state index in [0.29, 0.717) is 29.2 Å². The highest BCUT2D eigenvalue weighted by molar-refractivity contribution is 5.96. The Balaban J connectivity index is 1.65. The Labute approximate surface area is 163 Å². The number of esters is 1. The highest BCUT2D eigenvalue weighted by atomic mass is 16.5. The zero-order chi connectivity index (χ0) is 19.9. The molecule has 6 nitrogen and oxygen atoms in total. The van der Waals surface area contributed by atoms with Crippen LogP contribution in [-0.2, 0) is 16.0 Å². The largest absolute Gasteiger partial charge is 0.465 e. The van der Waals surface area contributed by atoms with Crippen molar-refractivity contribution in [1.29, 1.82) is 0 Å². The lowest BCUT2D eigenvalue weighted by atomic mass is 10.1. The van der Waals surface area contributed by atoms with E-state index in [4.69, 9.17) is 4.74 Å². The number of pyridine rings is 1. The van der Waals surface area contributed by atoms with Crippen molar-refractivity contribution >= 4 is 29.1 Å². The Morgan fingerprint density at radius 2 is 1.75 bits per heavy atom. The second-order valence-corrected chi connectivity index (χ2v) is 6.25. The molecule has 0 saturated heterocycles. The minimum atomic E-state index is -0.420. The molecule has 0 unspecified atom stereocenters. The molecule has 0 saturated carbocycles. The van der Waals surface area contributed by atoms with Gasteiger partial charge in [-0.05, 0) is 42.3 Å². The Morgan fingerprint density at radius 3 is 2.46 bits per heavy atom. The second kappa shape index (κ2) is 8.81. The molecule has 1 heterocycles. The van der Waals surface area contributed by atoms with Crippen molar-refractivity contribution in [3.05, 3.63) is 83.6 Å². The van der Waals surface area contributed by atoms with Gasteiger partial charge in [0.05, 0.1) is 36.7 Å². The summed E-state index contributed by atoms with van der Waals surface area (Å²) in [5.41, 5.74) is 3.80. The zero-order valence-electron chi connectivity index (χ0n) is 15.7. The number of ether oxygens (including phenoxy) is 1. The molecule has 0 aliphatic rings. The fourth-order valence-corrected chi connectivity index (χ4v) is 2.75. The molecular formula is C22H21N3O3. The lowest BCUT2D eigenvalue weighted by molar-refractivity contribution is -0.115. The first-order valence-corrected chi connectivity index (χ1v) is 8.81. The number of nitrogens with one attached hydrogen (secondary N) is 2. The summed E-state index contributed by atoms with van der Waals surface area (Å²) in [4.78, 5) is 28.4. The molecule has 3 aromatic rings. The van der Waals surface area contributed by atoms with Crippen molar-refractivity contribution in [3.63, 3.8) is 0 Å². The van der Waals surface area contributed by atoms with Crippen LogP contribution in [0.1, 0.15) is 21.5 Å². The minimum Gasteiger partial charge on any atom is -0.465 e. The summed E-state index contributed by atoms with van der Waals surface area (Å²) in [5, 5.41) is 5.94. The average molecular weight is 375 g/mol. The fourth-order valence-electron chi connectivity index (χ4n) is 2.75. The number of carbonyl (C=O) groups excluding carboxylic acids is 2. The topological polar surface area (TPSA) is 80.3 Å². The number of aromatic nitrogens is 1. The number of para-hydroxylation sites is 1. The molecule has 142 valence electrons. The van der Waals surface area contributed by atoms with E-state index in [0.717, 1.165) is 11.1 Å². The van der Waals surface area contributed by atoms with E-state index in [1.54, 1.807) is 36.5 Å². The fraction of sp³-hybridized carbons (Fsp3) is 0.136. The molecule has 0 aliphatic heterocycles. The van der Waals surface area contributed by atoms with Crippen LogP contribution < -0.4 is 10.6 Å². The van der Waals surface area contributed by atoms with Crippen LogP contribution in [0.15, 0.2) is 66.9 Å². The quantitative estimate of drug-likeness (QED) is 0.634. The van der Waals surface area contributed by atoms with Gasteiger partial charge in [-0.25, -0.2) is 9.78 Å². The first-order chi connectivity index (χ1) is 13.6. The molecule has 2 aromatic carbocycles. The smallest absolute Gasteiger partial charge is 0.339 e. The molecule has 1 aromatic heterocycles. The maximum absolute atomic E-state index is 12.2. The van der Waals surface area contributed by atoms with E-state index in [9.17, 15) is 9.59 Å². The number of hydrogen-bond donors (Lipinski definition) is 2. The van der Waals surface area contributed by atoms with Gasteiger partial charge in [-0.1, -0.05) is 36.4 Å². The van der Waals surface area contributed by atoms with E-state index in [1.165, 1.54) is 7.11 Å². The van der Waals surface area contributed by atoms with Crippen molar-refractivity contribution in [2.45, 2.75) is 13.3 Å². The van der Waals surface area contributed by atoms with Gasteiger partial charge in [-0.3, -0.25) is 4.79 Å². The third kappa shape index (κ3) is 4.73. The highest BCUT2D eigenvalue weighted by Crippen LogP contribution is 2.22. The van der Waals surface area contributed by atoms with Crippen LogP contribution in [0, 0.1) is 6.92 Å². The zero-order valence-corrected chi connectivity index (χ0v) is 15.7. The Morgan fingerprint density at radius 1 is 1.00 bits per heavy atom. The summed E-state index contributed by atoms with van der Waals surface area (Å²) in [6, 6.07) is 18.3. The lowest BCUT2D eigenvalue weighted by Crippen LogP contribution is -2.15. The van der Waals surface area contributed by atoms with E-state index in [2.05, 4.69) is 15.6 Å². The van der Waals surface area contributed by atoms with Gasteiger partial charge in [0.2, 0.25) is 5.91 Å². The van der Waals surface area contributed by atoms with E-state index < -0.39 is 5.97 Å². The van der Waals surface area contributed by atoms with Crippen LogP contribution in [0.25, 0.3) is 0 Å². The number of aryl methyl sites for hydroxylation is 1. The number of anilines is 3. The van der Waals surface area contributed by atoms with Crippen LogP contribution in [-0.4, -0.2) is 24.0 Å². The van der Waals surface area contributed by atoms with E-state index in [-0.39, 0.29) is 5.91 Å². The molecule has 0 spiro atoms. The summed E-state index contributed by atoms with van der Waals surface area (Å²) in [6.45, 7) is 1.98. The van der Waals surface area contributed by atoms with Gasteiger partial charge >= 0.3 is 5.97 Å². The molecule has 0 radical (unpaired) electrons. The normalized spacial score (nSPS) is 10.2. The molecular weight excluding hydrogens is 354 g/mol. The van der Waals surface area contributed by atoms with E-state index >= 15 is 0 Å². The lowest BCUT2D eigenvalue weighted by Gasteiger charge is -2.11. The maximum Gasteiger partial charge on any atom is 0.339 e. The van der Waals surface area contributed by atoms with Crippen LogP contribution in [0.4, 0.5) is 17.2 Å². The summed E-state index contributed by atoms with van der Waals surface area (Å²) in [5.74, 6) is -0.0833. The standard InChI is InChI=1S/C22H21N3O3/c1-15-7-3-4-8-16(15)13-21(26)25-20-12-11-17(14-23-20)24-19-10-6-5-9-18(19)22(27)28-2/h3-12,14,24H,13H2,1-2H3,(H,23,25,26). The molecule has 0 bridgehead atoms. The molecule has 0 aliphatic carbocycles. The van der Waals surface area contributed by atoms with Gasteiger partial charge in [0.25, 0.3) is 0 Å². The van der Waals surface area contributed by atoms with E-state index in [1.807, 2.05) is 37.3 Å². The van der Waals surface area contributed by atoms with Crippen LogP contribution in [0.3, 0.4) is 0 Å². The number of methoxy groups -OCH3 is 1. The van der Waals surface area contributed by atoms with Crippen LogP contribution >= 0.6 is 0 Å². The molecule has 0 atom stereocenters. The number of hydrogen-bond acceptors (Lipinski definition) is 5. The maximum atomic E-state index is 12.2.